The Bertz CT molecular complexity index is 1570. The number of hydrogen-bond donors (Lipinski definition) is 2. The van der Waals surface area contributed by atoms with Crippen LogP contribution in [0.3, 0.4) is 0 Å². The third-order valence-corrected chi connectivity index (χ3v) is 6.81. The summed E-state index contributed by atoms with van der Waals surface area (Å²) >= 11 is 0. The third kappa shape index (κ3) is 6.43. The Morgan fingerprint density at radius 3 is 2.12 bits per heavy atom. The van der Waals surface area contributed by atoms with Gasteiger partial charge < -0.3 is 10.4 Å². The van der Waals surface area contributed by atoms with Gasteiger partial charge in [0, 0.05) is 53.5 Å². The number of carbonyl (C=O) groups is 2. The van der Waals surface area contributed by atoms with Crippen molar-refractivity contribution in [1.29, 1.82) is 0 Å². The zero-order valence-electron chi connectivity index (χ0n) is 24.9. The molecule has 0 unspecified atom stereocenters. The van der Waals surface area contributed by atoms with Gasteiger partial charge in [-0.3, -0.25) is 14.6 Å². The van der Waals surface area contributed by atoms with Crippen LogP contribution in [0.25, 0.3) is 11.3 Å². The zero-order chi connectivity index (χ0) is 30.1. The molecule has 8 nitrogen and oxygen atoms in total. The highest BCUT2D eigenvalue weighted by Crippen LogP contribution is 2.40. The summed E-state index contributed by atoms with van der Waals surface area (Å²) in [7, 11) is 0. The summed E-state index contributed by atoms with van der Waals surface area (Å²) in [6.45, 7) is 15.4. The minimum atomic E-state index is -0.371. The summed E-state index contributed by atoms with van der Waals surface area (Å²) in [6.07, 6.45) is 4.99. The van der Waals surface area contributed by atoms with Crippen LogP contribution in [0.5, 0.6) is 5.75 Å². The van der Waals surface area contributed by atoms with E-state index >= 15 is 0 Å². The topological polar surface area (TPSA) is 108 Å². The molecule has 2 heterocycles. The SMILES string of the molecule is CC(=O)N(c1nccc(-c2cccnc2)n1)c1cc(NC(=O)c2cc(C(C)(C)C)c(O)c(C(C)(C)C)c2)ccc1C. The number of carbonyl (C=O) groups excluding carboxylic acids is 2. The van der Waals surface area contributed by atoms with E-state index in [4.69, 9.17) is 0 Å². The first-order chi connectivity index (χ1) is 19.2. The third-order valence-electron chi connectivity index (χ3n) is 6.81. The predicted molar refractivity (Wildman–Crippen MR) is 163 cm³/mol. The molecule has 4 aromatic rings. The monoisotopic (exact) mass is 551 g/mol. The Kier molecular flexibility index (Phi) is 7.97. The Morgan fingerprint density at radius 2 is 1.56 bits per heavy atom. The van der Waals surface area contributed by atoms with Crippen molar-refractivity contribution in [3.8, 4) is 17.0 Å². The number of rotatable bonds is 5. The molecule has 8 heteroatoms. The van der Waals surface area contributed by atoms with Gasteiger partial charge in [0.2, 0.25) is 11.9 Å². The normalized spacial score (nSPS) is 11.7. The van der Waals surface area contributed by atoms with Gasteiger partial charge in [0.05, 0.1) is 11.4 Å². The van der Waals surface area contributed by atoms with Crippen molar-refractivity contribution in [2.24, 2.45) is 0 Å². The smallest absolute Gasteiger partial charge is 0.255 e. The summed E-state index contributed by atoms with van der Waals surface area (Å²) in [5.41, 5.74) is 4.40. The lowest BCUT2D eigenvalue weighted by Gasteiger charge is -2.28. The minimum Gasteiger partial charge on any atom is -0.507 e. The van der Waals surface area contributed by atoms with E-state index in [1.54, 1.807) is 48.9 Å². The fourth-order valence-electron chi connectivity index (χ4n) is 4.59. The number of phenolic OH excluding ortho intramolecular Hbond substituents is 1. The lowest BCUT2D eigenvalue weighted by Crippen LogP contribution is -2.26. The van der Waals surface area contributed by atoms with E-state index in [1.165, 1.54) is 11.8 Å². The molecular formula is C33H37N5O3. The van der Waals surface area contributed by atoms with Gasteiger partial charge in [-0.25, -0.2) is 14.9 Å². The highest BCUT2D eigenvalue weighted by Gasteiger charge is 2.28. The van der Waals surface area contributed by atoms with E-state index in [9.17, 15) is 14.7 Å². The molecule has 0 fully saturated rings. The highest BCUT2D eigenvalue weighted by molar-refractivity contribution is 6.06. The van der Waals surface area contributed by atoms with Crippen LogP contribution in [0.1, 0.15) is 75.5 Å². The van der Waals surface area contributed by atoms with E-state index in [1.807, 2.05) is 66.7 Å². The summed E-state index contributed by atoms with van der Waals surface area (Å²) in [5, 5.41) is 14.0. The molecule has 0 saturated heterocycles. The van der Waals surface area contributed by atoms with Crippen molar-refractivity contribution in [3.63, 3.8) is 0 Å². The maximum atomic E-state index is 13.6. The molecule has 0 spiro atoms. The van der Waals surface area contributed by atoms with Gasteiger partial charge in [-0.2, -0.15) is 0 Å². The van der Waals surface area contributed by atoms with E-state index in [-0.39, 0.29) is 34.3 Å². The first-order valence-electron chi connectivity index (χ1n) is 13.5. The number of nitrogens with one attached hydrogen (secondary N) is 1. The maximum Gasteiger partial charge on any atom is 0.255 e. The molecule has 0 atom stereocenters. The number of amides is 2. The van der Waals surface area contributed by atoms with Crippen LogP contribution in [-0.2, 0) is 15.6 Å². The van der Waals surface area contributed by atoms with Gasteiger partial charge in [0.25, 0.3) is 5.91 Å². The second-order valence-corrected chi connectivity index (χ2v) is 12.2. The number of phenols is 1. The van der Waals surface area contributed by atoms with Crippen molar-refractivity contribution in [3.05, 3.63) is 89.4 Å². The summed E-state index contributed by atoms with van der Waals surface area (Å²) in [5.74, 6) is -0.165. The second kappa shape index (κ2) is 11.1. The predicted octanol–water partition coefficient (Wildman–Crippen LogP) is 7.08. The van der Waals surface area contributed by atoms with Gasteiger partial charge in [0.15, 0.2) is 0 Å². The van der Waals surface area contributed by atoms with Gasteiger partial charge in [-0.15, -0.1) is 0 Å². The number of pyridine rings is 1. The average Bonchev–Trinajstić information content (AvgIpc) is 2.90. The largest absolute Gasteiger partial charge is 0.507 e. The van der Waals surface area contributed by atoms with Crippen LogP contribution >= 0.6 is 0 Å². The second-order valence-electron chi connectivity index (χ2n) is 12.2. The van der Waals surface area contributed by atoms with Gasteiger partial charge in [-0.1, -0.05) is 47.6 Å². The molecule has 0 aliphatic carbocycles. The fourth-order valence-corrected chi connectivity index (χ4v) is 4.59. The van der Waals surface area contributed by atoms with E-state index in [0.29, 0.717) is 33.8 Å². The quantitative estimate of drug-likeness (QED) is 0.274. The van der Waals surface area contributed by atoms with Crippen molar-refractivity contribution in [2.45, 2.75) is 66.2 Å². The average molecular weight is 552 g/mol. The molecule has 0 bridgehead atoms. The Hall–Kier alpha value is -4.59. The maximum absolute atomic E-state index is 13.6. The molecule has 41 heavy (non-hydrogen) atoms. The van der Waals surface area contributed by atoms with Crippen LogP contribution in [0.2, 0.25) is 0 Å². The molecule has 2 aromatic heterocycles. The molecule has 2 N–H and O–H groups in total. The fraction of sp³-hybridized carbons (Fsp3) is 0.303. The van der Waals surface area contributed by atoms with Crippen molar-refractivity contribution in [1.82, 2.24) is 15.0 Å². The molecule has 0 aliphatic rings. The van der Waals surface area contributed by atoms with Gasteiger partial charge in [-0.05, 0) is 65.8 Å². The Balaban J connectivity index is 1.72. The van der Waals surface area contributed by atoms with Crippen LogP contribution in [0, 0.1) is 6.92 Å². The first-order valence-corrected chi connectivity index (χ1v) is 13.5. The van der Waals surface area contributed by atoms with Crippen LogP contribution in [-0.4, -0.2) is 31.9 Å². The molecule has 2 amide bonds. The Labute approximate surface area is 241 Å². The standard InChI is InChI=1S/C33H37N5O3/c1-20-11-12-24(36-30(41)23-16-25(32(3,4)5)29(40)26(17-23)33(6,7)8)18-28(20)38(21(2)39)31-35-15-13-27(37-31)22-10-9-14-34-19-22/h9-19,40H,1-8H3,(H,36,41). The first kappa shape index (κ1) is 29.4. The van der Waals surface area contributed by atoms with Crippen molar-refractivity contribution in [2.75, 3.05) is 10.2 Å². The number of hydrogen-bond acceptors (Lipinski definition) is 6. The van der Waals surface area contributed by atoms with Crippen molar-refractivity contribution >= 4 is 29.1 Å². The number of aryl methyl sites for hydroxylation is 1. The zero-order valence-corrected chi connectivity index (χ0v) is 24.9. The molecule has 0 radical (unpaired) electrons. The van der Waals surface area contributed by atoms with Gasteiger partial charge >= 0.3 is 0 Å². The number of aromatic nitrogens is 3. The van der Waals surface area contributed by atoms with E-state index in [2.05, 4.69) is 20.3 Å². The van der Waals surface area contributed by atoms with E-state index < -0.39 is 0 Å². The molecular weight excluding hydrogens is 514 g/mol. The molecule has 2 aromatic carbocycles. The molecule has 212 valence electrons. The molecule has 4 rings (SSSR count). The van der Waals surface area contributed by atoms with Crippen LogP contribution < -0.4 is 10.2 Å². The summed E-state index contributed by atoms with van der Waals surface area (Å²) in [6, 6.07) is 14.3. The number of anilines is 3. The van der Waals surface area contributed by atoms with Crippen LogP contribution in [0.15, 0.2) is 67.1 Å². The van der Waals surface area contributed by atoms with Crippen molar-refractivity contribution < 1.29 is 14.7 Å². The lowest BCUT2D eigenvalue weighted by molar-refractivity contribution is -0.115. The highest BCUT2D eigenvalue weighted by atomic mass is 16.3. The number of benzene rings is 2. The number of aromatic hydroxyl groups is 1. The van der Waals surface area contributed by atoms with E-state index in [0.717, 1.165) is 11.1 Å². The Morgan fingerprint density at radius 1 is 0.902 bits per heavy atom. The van der Waals surface area contributed by atoms with Gasteiger partial charge in [0.1, 0.15) is 5.75 Å². The molecule has 0 saturated carbocycles. The number of nitrogens with zero attached hydrogens (tertiary/aromatic N) is 4. The summed E-state index contributed by atoms with van der Waals surface area (Å²) in [4.78, 5) is 41.1. The summed E-state index contributed by atoms with van der Waals surface area (Å²) < 4.78 is 0. The molecule has 0 aliphatic heterocycles. The van der Waals surface area contributed by atoms with Crippen LogP contribution in [0.4, 0.5) is 17.3 Å². The minimum absolute atomic E-state index is 0.213. The lowest BCUT2D eigenvalue weighted by atomic mass is 9.78.